The van der Waals surface area contributed by atoms with Crippen molar-refractivity contribution in [3.63, 3.8) is 0 Å². The number of rotatable bonds is 8. The molecule has 0 spiro atoms. The summed E-state index contributed by atoms with van der Waals surface area (Å²) < 4.78 is 106. The lowest BCUT2D eigenvalue weighted by Gasteiger charge is -2.41. The molecule has 1 aliphatic carbocycles. The highest BCUT2D eigenvalue weighted by Crippen LogP contribution is 2.43. The molecule has 0 saturated heterocycles. The van der Waals surface area contributed by atoms with Crippen molar-refractivity contribution in [2.24, 2.45) is 5.41 Å². The quantitative estimate of drug-likeness (QED) is 0.207. The van der Waals surface area contributed by atoms with Gasteiger partial charge in [0, 0.05) is 24.6 Å². The first-order valence-corrected chi connectivity index (χ1v) is 13.6. The lowest BCUT2D eigenvalue weighted by molar-refractivity contribution is -0.213. The zero-order valence-electron chi connectivity index (χ0n) is 24.2. The Morgan fingerprint density at radius 1 is 1.04 bits per heavy atom. The fourth-order valence-corrected chi connectivity index (χ4v) is 5.15. The van der Waals surface area contributed by atoms with Gasteiger partial charge in [-0.2, -0.15) is 31.4 Å². The van der Waals surface area contributed by atoms with Gasteiger partial charge in [0.15, 0.2) is 11.6 Å². The van der Waals surface area contributed by atoms with Crippen molar-refractivity contribution in [1.29, 1.82) is 0 Å². The van der Waals surface area contributed by atoms with E-state index in [0.717, 1.165) is 12.1 Å². The van der Waals surface area contributed by atoms with Gasteiger partial charge < -0.3 is 19.9 Å². The Hall–Kier alpha value is -4.37. The van der Waals surface area contributed by atoms with Gasteiger partial charge in [0.05, 0.1) is 22.7 Å². The van der Waals surface area contributed by atoms with E-state index in [2.05, 4.69) is 20.1 Å². The molecular formula is C29H29F7N4O5. The number of esters is 1. The number of hydrogen-bond acceptors (Lipinski definition) is 7. The minimum Gasteiger partial charge on any atom is -0.483 e. The van der Waals surface area contributed by atoms with Crippen LogP contribution in [0, 0.1) is 11.2 Å². The van der Waals surface area contributed by atoms with E-state index in [9.17, 15) is 45.4 Å². The number of nitrogens with one attached hydrogen (secondary N) is 1. The number of nitrogens with zero attached hydrogens (tertiary/aromatic N) is 3. The third kappa shape index (κ3) is 7.65. The van der Waals surface area contributed by atoms with E-state index >= 15 is 0 Å². The second kappa shape index (κ2) is 12.2. The molecule has 0 aliphatic heterocycles. The number of carbonyl (C=O) groups excluding carboxylic acids is 1. The first kappa shape index (κ1) is 33.5. The Labute approximate surface area is 252 Å². The normalized spacial score (nSPS) is 20.8. The summed E-state index contributed by atoms with van der Waals surface area (Å²) in [4.78, 5) is 28.9. The van der Waals surface area contributed by atoms with Crippen LogP contribution in [0.5, 0.6) is 5.75 Å². The van der Waals surface area contributed by atoms with Gasteiger partial charge in [-0.25, -0.2) is 18.9 Å². The molecule has 1 aromatic carbocycles. The third-order valence-electron chi connectivity index (χ3n) is 7.27. The number of carboxylic acids is 1. The summed E-state index contributed by atoms with van der Waals surface area (Å²) in [6.07, 6.45) is -14.2. The van der Waals surface area contributed by atoms with Crippen molar-refractivity contribution in [3.8, 4) is 5.75 Å². The van der Waals surface area contributed by atoms with E-state index in [1.54, 1.807) is 29.1 Å². The average molecular weight is 647 g/mol. The van der Waals surface area contributed by atoms with Crippen LogP contribution < -0.4 is 10.1 Å². The zero-order chi connectivity index (χ0) is 33.4. The molecule has 1 saturated carbocycles. The number of benzene rings is 1. The predicted molar refractivity (Wildman–Crippen MR) is 144 cm³/mol. The Morgan fingerprint density at radius 2 is 1.73 bits per heavy atom. The minimum absolute atomic E-state index is 0.230. The maximum atomic E-state index is 14.7. The summed E-state index contributed by atoms with van der Waals surface area (Å²) in [6, 6.07) is 8.53. The van der Waals surface area contributed by atoms with Crippen molar-refractivity contribution in [2.45, 2.75) is 76.6 Å². The number of ether oxygens (including phenoxy) is 2. The molecule has 0 bridgehead atoms. The van der Waals surface area contributed by atoms with E-state index in [1.165, 1.54) is 6.07 Å². The van der Waals surface area contributed by atoms with E-state index < -0.39 is 77.4 Å². The number of halogens is 7. The van der Waals surface area contributed by atoms with Crippen LogP contribution in [0.25, 0.3) is 0 Å². The molecule has 2 N–H and O–H groups in total. The molecule has 244 valence electrons. The van der Waals surface area contributed by atoms with Gasteiger partial charge >= 0.3 is 24.3 Å². The molecule has 16 heteroatoms. The van der Waals surface area contributed by atoms with Crippen molar-refractivity contribution in [3.05, 3.63) is 65.7 Å². The first-order chi connectivity index (χ1) is 20.8. The van der Waals surface area contributed by atoms with Gasteiger partial charge in [0.2, 0.25) is 0 Å². The number of aromatic nitrogens is 3. The minimum atomic E-state index is -5.48. The topological polar surface area (TPSA) is 116 Å². The molecule has 45 heavy (non-hydrogen) atoms. The van der Waals surface area contributed by atoms with Crippen LogP contribution in [-0.4, -0.2) is 50.2 Å². The van der Waals surface area contributed by atoms with Crippen molar-refractivity contribution >= 4 is 23.6 Å². The van der Waals surface area contributed by atoms with Gasteiger partial charge in [0.25, 0.3) is 0 Å². The molecule has 0 amide bonds. The molecule has 2 aromatic heterocycles. The fraction of sp³-hybridized carbons (Fsp3) is 0.448. The van der Waals surface area contributed by atoms with E-state index in [-0.39, 0.29) is 18.5 Å². The summed E-state index contributed by atoms with van der Waals surface area (Å²) in [6.45, 7) is 5.78. The molecule has 3 atom stereocenters. The van der Waals surface area contributed by atoms with Crippen LogP contribution in [0.2, 0.25) is 0 Å². The Balaban J connectivity index is 1.62. The SMILES string of the molecule is CC(C)(C)n1nccc1Nc1cccc(CC2(C(=O)O)CCC(Oc3cccc(C(F)(F)F)c3F)C(OC(=O)C(F)(F)F)C2)n1. The maximum absolute atomic E-state index is 14.7. The van der Waals surface area contributed by atoms with Crippen molar-refractivity contribution in [2.75, 3.05) is 5.32 Å². The Kier molecular flexibility index (Phi) is 9.09. The first-order valence-electron chi connectivity index (χ1n) is 13.6. The summed E-state index contributed by atoms with van der Waals surface area (Å²) >= 11 is 0. The van der Waals surface area contributed by atoms with Crippen molar-refractivity contribution in [1.82, 2.24) is 14.8 Å². The standard InChI is InChI=1S/C29H29F7N4O5/c1-26(2,3)40-22(11-13-37-40)39-21-9-4-6-16(38-21)14-27(24(41)42)12-10-18(20(15-27)45-25(43)29(34,35)36)44-19-8-5-7-17(23(19)30)28(31,32)33/h4-9,11,13,18,20H,10,12,14-15H2,1-3H3,(H,38,39)(H,41,42). The van der Waals surface area contributed by atoms with Crippen LogP contribution in [0.1, 0.15) is 51.3 Å². The van der Waals surface area contributed by atoms with Gasteiger partial charge in [-0.05, 0) is 57.9 Å². The van der Waals surface area contributed by atoms with Crippen LogP contribution in [0.15, 0.2) is 48.7 Å². The highest BCUT2D eigenvalue weighted by molar-refractivity contribution is 5.77. The number of pyridine rings is 1. The molecule has 2 heterocycles. The molecule has 3 unspecified atom stereocenters. The summed E-state index contributed by atoms with van der Waals surface area (Å²) in [5.74, 6) is -5.96. The Morgan fingerprint density at radius 3 is 2.36 bits per heavy atom. The highest BCUT2D eigenvalue weighted by atomic mass is 19.4. The molecular weight excluding hydrogens is 617 g/mol. The Bertz CT molecular complexity index is 1550. The van der Waals surface area contributed by atoms with Gasteiger partial charge in [0.1, 0.15) is 23.8 Å². The van der Waals surface area contributed by atoms with Gasteiger partial charge in [-0.3, -0.25) is 4.79 Å². The second-order valence-electron chi connectivity index (χ2n) is 11.7. The van der Waals surface area contributed by atoms with Gasteiger partial charge in [-0.1, -0.05) is 12.1 Å². The summed E-state index contributed by atoms with van der Waals surface area (Å²) in [5, 5.41) is 17.6. The van der Waals surface area contributed by atoms with Crippen LogP contribution >= 0.6 is 0 Å². The molecule has 1 aliphatic rings. The summed E-state index contributed by atoms with van der Waals surface area (Å²) in [5.41, 5.74) is -3.67. The third-order valence-corrected chi connectivity index (χ3v) is 7.27. The number of anilines is 2. The molecule has 1 fully saturated rings. The number of carbonyl (C=O) groups is 2. The van der Waals surface area contributed by atoms with Crippen LogP contribution in [0.4, 0.5) is 42.4 Å². The van der Waals surface area contributed by atoms with Gasteiger partial charge in [-0.15, -0.1) is 0 Å². The smallest absolute Gasteiger partial charge is 0.483 e. The van der Waals surface area contributed by atoms with Crippen LogP contribution in [0.3, 0.4) is 0 Å². The lowest BCUT2D eigenvalue weighted by Crippen LogP contribution is -2.50. The van der Waals surface area contributed by atoms with E-state index in [1.807, 2.05) is 20.8 Å². The number of hydrogen-bond donors (Lipinski definition) is 2. The van der Waals surface area contributed by atoms with Crippen molar-refractivity contribution < 1.29 is 54.9 Å². The lowest BCUT2D eigenvalue weighted by atomic mass is 9.69. The molecule has 0 radical (unpaired) electrons. The predicted octanol–water partition coefficient (Wildman–Crippen LogP) is 6.65. The fourth-order valence-electron chi connectivity index (χ4n) is 5.15. The maximum Gasteiger partial charge on any atom is 0.490 e. The summed E-state index contributed by atoms with van der Waals surface area (Å²) in [7, 11) is 0. The van der Waals surface area contributed by atoms with E-state index in [4.69, 9.17) is 4.74 Å². The number of aliphatic carboxylic acids is 1. The highest BCUT2D eigenvalue weighted by Gasteiger charge is 2.52. The molecule has 9 nitrogen and oxygen atoms in total. The molecule has 4 rings (SSSR count). The monoisotopic (exact) mass is 646 g/mol. The molecule has 3 aromatic rings. The number of alkyl halides is 6. The second-order valence-corrected chi connectivity index (χ2v) is 11.7. The number of carboxylic acid groups (broad SMARTS) is 1. The average Bonchev–Trinajstić information content (AvgIpc) is 3.39. The van der Waals surface area contributed by atoms with Crippen LogP contribution in [-0.2, 0) is 32.5 Å². The zero-order valence-corrected chi connectivity index (χ0v) is 24.2. The van der Waals surface area contributed by atoms with E-state index in [0.29, 0.717) is 17.7 Å². The largest absolute Gasteiger partial charge is 0.490 e.